The number of halogens is 1. The van der Waals surface area contributed by atoms with Crippen LogP contribution in [0.1, 0.15) is 6.92 Å². The van der Waals surface area contributed by atoms with Crippen molar-refractivity contribution in [1.29, 1.82) is 0 Å². The van der Waals surface area contributed by atoms with Crippen LogP contribution < -0.4 is 5.73 Å². The average molecular weight is 354 g/mol. The van der Waals surface area contributed by atoms with E-state index >= 15 is 0 Å². The number of sulfonamides is 1. The van der Waals surface area contributed by atoms with Gasteiger partial charge in [0, 0.05) is 26.2 Å². The fraction of sp³-hybridized carbons (Fsp3) is 0.545. The standard InChI is InChI=1S/C11H16ClN3O2S3/c1-8(11(13)18)14-4-6-15(7-5-14)20(16,17)10-3-2-9(12)19-10/h2-3,8H,4-7H2,1H3,(H2,13,18). The van der Waals surface area contributed by atoms with Gasteiger partial charge in [-0.15, -0.1) is 11.3 Å². The van der Waals surface area contributed by atoms with Crippen molar-refractivity contribution in [3.05, 3.63) is 16.5 Å². The molecule has 1 fully saturated rings. The van der Waals surface area contributed by atoms with Gasteiger partial charge in [-0.25, -0.2) is 8.42 Å². The zero-order chi connectivity index (χ0) is 14.9. The molecule has 2 N–H and O–H groups in total. The van der Waals surface area contributed by atoms with Gasteiger partial charge in [0.25, 0.3) is 10.0 Å². The van der Waals surface area contributed by atoms with Gasteiger partial charge in [0.15, 0.2) is 0 Å². The summed E-state index contributed by atoms with van der Waals surface area (Å²) in [5, 5.41) is 0. The molecule has 1 aliphatic heterocycles. The van der Waals surface area contributed by atoms with Crippen molar-refractivity contribution in [2.45, 2.75) is 17.2 Å². The van der Waals surface area contributed by atoms with Crippen molar-refractivity contribution < 1.29 is 8.42 Å². The lowest BCUT2D eigenvalue weighted by molar-refractivity contribution is 0.175. The van der Waals surface area contributed by atoms with E-state index in [2.05, 4.69) is 4.90 Å². The van der Waals surface area contributed by atoms with Gasteiger partial charge >= 0.3 is 0 Å². The molecule has 1 aromatic rings. The highest BCUT2D eigenvalue weighted by Gasteiger charge is 2.31. The summed E-state index contributed by atoms with van der Waals surface area (Å²) in [6, 6.07) is 3.14. The molecule has 0 aromatic carbocycles. The number of hydrogen-bond donors (Lipinski definition) is 1. The van der Waals surface area contributed by atoms with Crippen molar-refractivity contribution in [3.8, 4) is 0 Å². The van der Waals surface area contributed by atoms with E-state index in [1.807, 2.05) is 6.92 Å². The average Bonchev–Trinajstić information content (AvgIpc) is 2.85. The molecular formula is C11H16ClN3O2S3. The molecule has 2 rings (SSSR count). The quantitative estimate of drug-likeness (QED) is 0.828. The molecule has 0 radical (unpaired) electrons. The Morgan fingerprint density at radius 1 is 1.40 bits per heavy atom. The molecule has 0 spiro atoms. The molecule has 20 heavy (non-hydrogen) atoms. The fourth-order valence-corrected chi connectivity index (χ4v) is 5.28. The van der Waals surface area contributed by atoms with Crippen molar-refractivity contribution in [1.82, 2.24) is 9.21 Å². The van der Waals surface area contributed by atoms with E-state index in [1.54, 1.807) is 12.1 Å². The summed E-state index contributed by atoms with van der Waals surface area (Å²) in [6.45, 7) is 4.05. The van der Waals surface area contributed by atoms with Gasteiger partial charge in [-0.05, 0) is 19.1 Å². The lowest BCUT2D eigenvalue weighted by Crippen LogP contribution is -2.53. The zero-order valence-corrected chi connectivity index (χ0v) is 14.2. The van der Waals surface area contributed by atoms with E-state index in [4.69, 9.17) is 29.6 Å². The Hall–Kier alpha value is -0.250. The van der Waals surface area contributed by atoms with Gasteiger partial charge in [-0.3, -0.25) is 4.90 Å². The van der Waals surface area contributed by atoms with E-state index in [1.165, 1.54) is 4.31 Å². The predicted molar refractivity (Wildman–Crippen MR) is 85.9 cm³/mol. The Balaban J connectivity index is 2.05. The number of piperazine rings is 1. The maximum Gasteiger partial charge on any atom is 0.252 e. The highest BCUT2D eigenvalue weighted by Crippen LogP contribution is 2.28. The Labute approximate surface area is 133 Å². The van der Waals surface area contributed by atoms with Crippen molar-refractivity contribution >= 4 is 50.2 Å². The molecule has 2 heterocycles. The highest BCUT2D eigenvalue weighted by atomic mass is 35.5. The van der Waals surface area contributed by atoms with Crippen LogP contribution in [0, 0.1) is 0 Å². The Morgan fingerprint density at radius 3 is 2.45 bits per heavy atom. The van der Waals surface area contributed by atoms with Crippen molar-refractivity contribution in [2.24, 2.45) is 5.73 Å². The van der Waals surface area contributed by atoms with Crippen LogP contribution in [0.15, 0.2) is 16.3 Å². The molecule has 5 nitrogen and oxygen atoms in total. The summed E-state index contributed by atoms with van der Waals surface area (Å²) in [5.74, 6) is 0. The number of rotatable bonds is 4. The van der Waals surface area contributed by atoms with Gasteiger partial charge < -0.3 is 5.73 Å². The summed E-state index contributed by atoms with van der Waals surface area (Å²) in [4.78, 5) is 2.53. The second-order valence-electron chi connectivity index (χ2n) is 4.58. The summed E-state index contributed by atoms with van der Waals surface area (Å²) >= 11 is 11.9. The normalized spacial score (nSPS) is 19.9. The van der Waals surface area contributed by atoms with Crippen LogP contribution in [0.2, 0.25) is 4.34 Å². The molecular weight excluding hydrogens is 338 g/mol. The third-order valence-electron chi connectivity index (χ3n) is 3.38. The second-order valence-corrected chi connectivity index (χ2v) is 8.93. The largest absolute Gasteiger partial charge is 0.392 e. The number of thiophene rings is 1. The van der Waals surface area contributed by atoms with Crippen LogP contribution in [0.4, 0.5) is 0 Å². The van der Waals surface area contributed by atoms with Gasteiger partial charge in [-0.1, -0.05) is 23.8 Å². The van der Waals surface area contributed by atoms with E-state index in [0.29, 0.717) is 39.7 Å². The molecule has 0 aliphatic carbocycles. The fourth-order valence-electron chi connectivity index (χ4n) is 2.07. The van der Waals surface area contributed by atoms with Crippen LogP contribution in [0.25, 0.3) is 0 Å². The van der Waals surface area contributed by atoms with E-state index in [9.17, 15) is 8.42 Å². The molecule has 1 saturated heterocycles. The first-order valence-corrected chi connectivity index (χ1v) is 9.15. The first-order chi connectivity index (χ1) is 9.32. The Morgan fingerprint density at radius 2 is 2.00 bits per heavy atom. The number of hydrogen-bond acceptors (Lipinski definition) is 5. The molecule has 1 aliphatic rings. The minimum atomic E-state index is -3.43. The topological polar surface area (TPSA) is 66.6 Å². The molecule has 0 amide bonds. The van der Waals surface area contributed by atoms with Crippen LogP contribution in [-0.2, 0) is 10.0 Å². The first kappa shape index (κ1) is 16.1. The minimum Gasteiger partial charge on any atom is -0.392 e. The van der Waals surface area contributed by atoms with Gasteiger partial charge in [0.1, 0.15) is 4.21 Å². The van der Waals surface area contributed by atoms with E-state index in [0.717, 1.165) is 11.3 Å². The van der Waals surface area contributed by atoms with Crippen LogP contribution in [-0.4, -0.2) is 54.8 Å². The lowest BCUT2D eigenvalue weighted by Gasteiger charge is -2.36. The number of nitrogens with zero attached hydrogens (tertiary/aromatic N) is 2. The Kier molecular flexibility index (Phi) is 5.04. The first-order valence-electron chi connectivity index (χ1n) is 6.11. The smallest absolute Gasteiger partial charge is 0.252 e. The van der Waals surface area contributed by atoms with Crippen molar-refractivity contribution in [3.63, 3.8) is 0 Å². The maximum absolute atomic E-state index is 12.4. The zero-order valence-electron chi connectivity index (χ0n) is 11.0. The summed E-state index contributed by atoms with van der Waals surface area (Å²) in [7, 11) is -3.43. The summed E-state index contributed by atoms with van der Waals surface area (Å²) in [6.07, 6.45) is 0. The molecule has 1 unspecified atom stereocenters. The monoisotopic (exact) mass is 353 g/mol. The molecule has 112 valence electrons. The summed E-state index contributed by atoms with van der Waals surface area (Å²) < 4.78 is 27.1. The maximum atomic E-state index is 12.4. The molecule has 1 aromatic heterocycles. The third kappa shape index (κ3) is 3.32. The molecule has 9 heteroatoms. The lowest BCUT2D eigenvalue weighted by atomic mass is 10.2. The van der Waals surface area contributed by atoms with Gasteiger partial charge in [0.2, 0.25) is 0 Å². The predicted octanol–water partition coefficient (Wildman–Crippen LogP) is 1.38. The third-order valence-corrected chi connectivity index (χ3v) is 7.31. The number of nitrogens with two attached hydrogens (primary N) is 1. The van der Waals surface area contributed by atoms with Gasteiger partial charge in [-0.2, -0.15) is 4.31 Å². The molecule has 1 atom stereocenters. The SMILES string of the molecule is CC(C(N)=S)N1CCN(S(=O)(=O)c2ccc(Cl)s2)CC1. The molecule has 0 saturated carbocycles. The van der Waals surface area contributed by atoms with E-state index in [-0.39, 0.29) is 6.04 Å². The van der Waals surface area contributed by atoms with Gasteiger partial charge in [0.05, 0.1) is 15.4 Å². The minimum absolute atomic E-state index is 0.00830. The molecule has 0 bridgehead atoms. The van der Waals surface area contributed by atoms with Crippen LogP contribution in [0.3, 0.4) is 0 Å². The second kappa shape index (κ2) is 6.25. The van der Waals surface area contributed by atoms with Crippen LogP contribution >= 0.6 is 35.2 Å². The highest BCUT2D eigenvalue weighted by molar-refractivity contribution is 7.91. The summed E-state index contributed by atoms with van der Waals surface area (Å²) in [5.41, 5.74) is 5.63. The van der Waals surface area contributed by atoms with Crippen molar-refractivity contribution in [2.75, 3.05) is 26.2 Å². The number of thiocarbonyl (C=S) groups is 1. The Bertz CT molecular complexity index is 594. The van der Waals surface area contributed by atoms with E-state index < -0.39 is 10.0 Å². The van der Waals surface area contributed by atoms with Crippen LogP contribution in [0.5, 0.6) is 0 Å².